The summed E-state index contributed by atoms with van der Waals surface area (Å²) in [4.78, 5) is 31.9. The summed E-state index contributed by atoms with van der Waals surface area (Å²) in [6, 6.07) is 17.4. The summed E-state index contributed by atoms with van der Waals surface area (Å²) in [5.74, 6) is -0.0248. The highest BCUT2D eigenvalue weighted by Gasteiger charge is 2.34. The van der Waals surface area contributed by atoms with E-state index in [-0.39, 0.29) is 30.3 Å². The van der Waals surface area contributed by atoms with Crippen LogP contribution in [0.1, 0.15) is 51.8 Å². The Bertz CT molecular complexity index is 1140. The third-order valence-corrected chi connectivity index (χ3v) is 7.31. The van der Waals surface area contributed by atoms with Gasteiger partial charge in [-0.2, -0.15) is 0 Å². The minimum Gasteiger partial charge on any atom is -0.330 e. The predicted molar refractivity (Wildman–Crippen MR) is 135 cm³/mol. The molecule has 0 bridgehead atoms. The molecule has 0 radical (unpaired) electrons. The van der Waals surface area contributed by atoms with Gasteiger partial charge in [0.1, 0.15) is 6.54 Å². The van der Waals surface area contributed by atoms with E-state index in [1.165, 1.54) is 16.0 Å². The van der Waals surface area contributed by atoms with Crippen LogP contribution < -0.4 is 0 Å². The molecule has 1 unspecified atom stereocenters. The molecule has 0 saturated heterocycles. The number of halogens is 1. The van der Waals surface area contributed by atoms with Gasteiger partial charge in [-0.1, -0.05) is 67.4 Å². The molecule has 6 heteroatoms. The second kappa shape index (κ2) is 10.1. The topological polar surface area (TPSA) is 40.6 Å². The van der Waals surface area contributed by atoms with E-state index in [9.17, 15) is 9.59 Å². The van der Waals surface area contributed by atoms with Crippen molar-refractivity contribution in [3.8, 4) is 0 Å². The molecular weight excluding hydrogens is 452 g/mol. The lowest BCUT2D eigenvalue weighted by molar-refractivity contribution is -0.134. The van der Waals surface area contributed by atoms with Crippen LogP contribution in [0.5, 0.6) is 0 Å². The smallest absolute Gasteiger partial charge is 0.255 e. The van der Waals surface area contributed by atoms with Gasteiger partial charge in [-0.15, -0.1) is 11.3 Å². The Morgan fingerprint density at radius 3 is 2.55 bits per heavy atom. The van der Waals surface area contributed by atoms with Crippen molar-refractivity contribution < 1.29 is 9.59 Å². The second-order valence-electron chi connectivity index (χ2n) is 9.01. The summed E-state index contributed by atoms with van der Waals surface area (Å²) in [6.07, 6.45) is 0.837. The number of hydrogen-bond donors (Lipinski definition) is 0. The van der Waals surface area contributed by atoms with Crippen molar-refractivity contribution in [1.82, 2.24) is 9.80 Å². The lowest BCUT2D eigenvalue weighted by Gasteiger charge is -2.38. The standard InChI is InChI=1S/C27H29ClN2O2S/c1-18(2)16-29(27(32)21-6-4-5-7-23(21)28)17-25(31)30-14-12-24-22(13-15-33-24)26(30)20-10-8-19(3)9-11-20/h4-11,13,15,18,26H,12,14,16-17H2,1-3H3. The fourth-order valence-corrected chi connectivity index (χ4v) is 5.53. The van der Waals surface area contributed by atoms with Gasteiger partial charge in [0.25, 0.3) is 5.91 Å². The largest absolute Gasteiger partial charge is 0.330 e. The zero-order valence-corrected chi connectivity index (χ0v) is 20.8. The molecule has 4 rings (SSSR count). The van der Waals surface area contributed by atoms with Crippen LogP contribution in [0.4, 0.5) is 0 Å². The number of nitrogens with zero attached hydrogens (tertiary/aromatic N) is 2. The molecule has 2 amide bonds. The molecule has 4 nitrogen and oxygen atoms in total. The summed E-state index contributed by atoms with van der Waals surface area (Å²) in [5, 5.41) is 2.51. The normalized spacial score (nSPS) is 15.4. The molecule has 2 heterocycles. The van der Waals surface area contributed by atoms with Crippen LogP contribution in [0.25, 0.3) is 0 Å². The summed E-state index contributed by atoms with van der Waals surface area (Å²) >= 11 is 8.05. The number of thiophene rings is 1. The van der Waals surface area contributed by atoms with Crippen LogP contribution in [0.15, 0.2) is 60.0 Å². The van der Waals surface area contributed by atoms with E-state index < -0.39 is 0 Å². The van der Waals surface area contributed by atoms with Crippen molar-refractivity contribution in [1.29, 1.82) is 0 Å². The molecule has 0 spiro atoms. The fourth-order valence-electron chi connectivity index (χ4n) is 4.41. The molecule has 2 aromatic carbocycles. The van der Waals surface area contributed by atoms with Gasteiger partial charge in [0.05, 0.1) is 16.6 Å². The number of carbonyl (C=O) groups is 2. The van der Waals surface area contributed by atoms with E-state index in [0.717, 1.165) is 12.0 Å². The Morgan fingerprint density at radius 2 is 1.85 bits per heavy atom. The molecule has 172 valence electrons. The number of aryl methyl sites for hydroxylation is 1. The molecule has 0 fully saturated rings. The molecule has 0 saturated carbocycles. The SMILES string of the molecule is Cc1ccc(C2c3ccsc3CCN2C(=O)CN(CC(C)C)C(=O)c2ccccc2Cl)cc1. The van der Waals surface area contributed by atoms with E-state index in [1.54, 1.807) is 40.5 Å². The number of hydrogen-bond acceptors (Lipinski definition) is 3. The lowest BCUT2D eigenvalue weighted by Crippen LogP contribution is -2.47. The number of benzene rings is 2. The van der Waals surface area contributed by atoms with Gasteiger partial charge in [0.2, 0.25) is 5.91 Å². The van der Waals surface area contributed by atoms with Crippen molar-refractivity contribution in [3.63, 3.8) is 0 Å². The molecule has 1 aliphatic rings. The van der Waals surface area contributed by atoms with Crippen LogP contribution in [0, 0.1) is 12.8 Å². The van der Waals surface area contributed by atoms with Gasteiger partial charge in [-0.05, 0) is 54.0 Å². The Hall–Kier alpha value is -2.63. The van der Waals surface area contributed by atoms with E-state index >= 15 is 0 Å². The highest BCUT2D eigenvalue weighted by atomic mass is 35.5. The van der Waals surface area contributed by atoms with Crippen LogP contribution in [-0.4, -0.2) is 41.2 Å². The van der Waals surface area contributed by atoms with Crippen LogP contribution >= 0.6 is 22.9 Å². The summed E-state index contributed by atoms with van der Waals surface area (Å²) in [5.41, 5.74) is 3.91. The number of fused-ring (bicyclic) bond motifs is 1. The highest BCUT2D eigenvalue weighted by Crippen LogP contribution is 2.38. The quantitative estimate of drug-likeness (QED) is 0.435. The van der Waals surface area contributed by atoms with E-state index in [4.69, 9.17) is 11.6 Å². The van der Waals surface area contributed by atoms with Crippen molar-refractivity contribution in [3.05, 3.63) is 92.1 Å². The molecule has 0 N–H and O–H groups in total. The number of carbonyl (C=O) groups excluding carboxylic acids is 2. The predicted octanol–water partition coefficient (Wildman–Crippen LogP) is 5.98. The molecule has 3 aromatic rings. The van der Waals surface area contributed by atoms with E-state index in [0.29, 0.717) is 23.7 Å². The maximum Gasteiger partial charge on any atom is 0.255 e. The number of rotatable bonds is 6. The van der Waals surface area contributed by atoms with Gasteiger partial charge < -0.3 is 9.80 Å². The molecular formula is C27H29ClN2O2S. The van der Waals surface area contributed by atoms with Crippen molar-refractivity contribution in [2.75, 3.05) is 19.6 Å². The molecule has 1 aliphatic heterocycles. The molecule has 1 aromatic heterocycles. The first-order valence-corrected chi connectivity index (χ1v) is 12.6. The van der Waals surface area contributed by atoms with Crippen LogP contribution in [0.3, 0.4) is 0 Å². The molecule has 0 aliphatic carbocycles. The van der Waals surface area contributed by atoms with Gasteiger partial charge in [-0.25, -0.2) is 0 Å². The fraction of sp³-hybridized carbons (Fsp3) is 0.333. The first-order chi connectivity index (χ1) is 15.8. The first-order valence-electron chi connectivity index (χ1n) is 11.3. The van der Waals surface area contributed by atoms with Crippen molar-refractivity contribution >= 4 is 34.8 Å². The first kappa shape index (κ1) is 23.5. The maximum atomic E-state index is 13.7. The van der Waals surface area contributed by atoms with Gasteiger partial charge in [0.15, 0.2) is 0 Å². The summed E-state index contributed by atoms with van der Waals surface area (Å²) in [6.45, 7) is 7.32. The Morgan fingerprint density at radius 1 is 1.12 bits per heavy atom. The average molecular weight is 481 g/mol. The maximum absolute atomic E-state index is 13.7. The average Bonchev–Trinajstić information content (AvgIpc) is 3.27. The summed E-state index contributed by atoms with van der Waals surface area (Å²) < 4.78 is 0. The van der Waals surface area contributed by atoms with Gasteiger partial charge >= 0.3 is 0 Å². The Kier molecular flexibility index (Phi) is 7.20. The van der Waals surface area contributed by atoms with Crippen LogP contribution in [0.2, 0.25) is 5.02 Å². The highest BCUT2D eigenvalue weighted by molar-refractivity contribution is 7.10. The number of amides is 2. The van der Waals surface area contributed by atoms with Crippen molar-refractivity contribution in [2.24, 2.45) is 5.92 Å². The van der Waals surface area contributed by atoms with Gasteiger partial charge in [-0.3, -0.25) is 9.59 Å². The van der Waals surface area contributed by atoms with E-state index in [2.05, 4.69) is 42.6 Å². The second-order valence-corrected chi connectivity index (χ2v) is 10.4. The Balaban J connectivity index is 1.63. The third-order valence-electron chi connectivity index (χ3n) is 5.98. The zero-order valence-electron chi connectivity index (χ0n) is 19.3. The van der Waals surface area contributed by atoms with Crippen LogP contribution in [-0.2, 0) is 11.2 Å². The third kappa shape index (κ3) is 5.15. The summed E-state index contributed by atoms with van der Waals surface area (Å²) in [7, 11) is 0. The van der Waals surface area contributed by atoms with E-state index in [1.807, 2.05) is 18.7 Å². The Labute approximate surface area is 204 Å². The van der Waals surface area contributed by atoms with Crippen molar-refractivity contribution in [2.45, 2.75) is 33.2 Å². The zero-order chi connectivity index (χ0) is 23.5. The monoisotopic (exact) mass is 480 g/mol. The van der Waals surface area contributed by atoms with Gasteiger partial charge in [0, 0.05) is 18.0 Å². The molecule has 33 heavy (non-hydrogen) atoms. The minimum absolute atomic E-state index is 0.0318. The molecule has 1 atom stereocenters. The minimum atomic E-state index is -0.206. The lowest BCUT2D eigenvalue weighted by atomic mass is 9.92.